The van der Waals surface area contributed by atoms with Crippen molar-refractivity contribution in [2.75, 3.05) is 13.2 Å². The Morgan fingerprint density at radius 2 is 1.96 bits per heavy atom. The highest BCUT2D eigenvalue weighted by Crippen LogP contribution is 2.37. The van der Waals surface area contributed by atoms with E-state index in [4.69, 9.17) is 21.4 Å². The van der Waals surface area contributed by atoms with Gasteiger partial charge in [0.25, 0.3) is 11.6 Å². The number of halogens is 4. The molecule has 0 aliphatic carbocycles. The quantitative estimate of drug-likeness (QED) is 0.563. The van der Waals surface area contributed by atoms with Crippen molar-refractivity contribution in [3.05, 3.63) is 62.7 Å². The summed E-state index contributed by atoms with van der Waals surface area (Å²) in [4.78, 5) is 22.3. The van der Waals surface area contributed by atoms with E-state index in [2.05, 4.69) is 5.32 Å². The number of carbonyl (C=O) groups excluding carboxylic acids is 1. The van der Waals surface area contributed by atoms with Crippen LogP contribution in [0.25, 0.3) is 0 Å². The second-order valence-electron chi connectivity index (χ2n) is 5.16. The van der Waals surface area contributed by atoms with Gasteiger partial charge in [-0.25, -0.2) is 0 Å². The highest BCUT2D eigenvalue weighted by molar-refractivity contribution is 6.32. The minimum Gasteiger partial charge on any atom is -0.456 e. The first-order chi connectivity index (χ1) is 12.6. The molecule has 27 heavy (non-hydrogen) atoms. The van der Waals surface area contributed by atoms with Gasteiger partial charge in [-0.05, 0) is 24.3 Å². The SMILES string of the molecule is O=C(NCCO)c1cc(Oc2ccc(C(F)(F)F)cc2Cl)ccc1[N+](=O)[O-]. The summed E-state index contributed by atoms with van der Waals surface area (Å²) in [5, 5.41) is 21.7. The van der Waals surface area contributed by atoms with Crippen LogP contribution in [-0.4, -0.2) is 29.1 Å². The zero-order chi connectivity index (χ0) is 20.2. The number of nitrogens with one attached hydrogen (secondary N) is 1. The van der Waals surface area contributed by atoms with Gasteiger partial charge in [0.15, 0.2) is 0 Å². The van der Waals surface area contributed by atoms with Gasteiger partial charge in [0, 0.05) is 18.7 Å². The third-order valence-electron chi connectivity index (χ3n) is 3.29. The fraction of sp³-hybridized carbons (Fsp3) is 0.188. The lowest BCUT2D eigenvalue weighted by atomic mass is 10.1. The van der Waals surface area contributed by atoms with Crippen LogP contribution < -0.4 is 10.1 Å². The van der Waals surface area contributed by atoms with Crippen molar-refractivity contribution in [2.24, 2.45) is 0 Å². The maximum absolute atomic E-state index is 12.7. The van der Waals surface area contributed by atoms with Crippen LogP contribution in [0, 0.1) is 10.1 Å². The van der Waals surface area contributed by atoms with Crippen molar-refractivity contribution >= 4 is 23.2 Å². The Kier molecular flexibility index (Phi) is 6.24. The predicted octanol–water partition coefficient (Wildman–Crippen LogP) is 3.78. The van der Waals surface area contributed by atoms with Crippen LogP contribution in [0.15, 0.2) is 36.4 Å². The Morgan fingerprint density at radius 1 is 1.26 bits per heavy atom. The van der Waals surface area contributed by atoms with Gasteiger partial charge in [-0.15, -0.1) is 0 Å². The van der Waals surface area contributed by atoms with Gasteiger partial charge in [-0.2, -0.15) is 13.2 Å². The van der Waals surface area contributed by atoms with Crippen LogP contribution >= 0.6 is 11.6 Å². The summed E-state index contributed by atoms with van der Waals surface area (Å²) >= 11 is 5.80. The number of alkyl halides is 3. The minimum atomic E-state index is -4.58. The Labute approximate surface area is 155 Å². The molecule has 0 bridgehead atoms. The molecule has 2 aromatic rings. The number of aliphatic hydroxyl groups excluding tert-OH is 1. The largest absolute Gasteiger partial charge is 0.456 e. The van der Waals surface area contributed by atoms with Crippen LogP contribution in [-0.2, 0) is 6.18 Å². The van der Waals surface area contributed by atoms with E-state index in [9.17, 15) is 28.1 Å². The molecular formula is C16H12ClF3N2O5. The number of rotatable bonds is 6. The molecule has 2 aromatic carbocycles. The number of benzene rings is 2. The normalized spacial score (nSPS) is 11.1. The van der Waals surface area contributed by atoms with E-state index in [1.54, 1.807) is 0 Å². The third-order valence-corrected chi connectivity index (χ3v) is 3.59. The Balaban J connectivity index is 2.34. The van der Waals surface area contributed by atoms with E-state index < -0.39 is 28.3 Å². The molecule has 0 aliphatic rings. The van der Waals surface area contributed by atoms with E-state index in [-0.39, 0.29) is 35.2 Å². The highest BCUT2D eigenvalue weighted by Gasteiger charge is 2.31. The van der Waals surface area contributed by atoms with Crippen molar-refractivity contribution in [3.63, 3.8) is 0 Å². The molecule has 0 atom stereocenters. The van der Waals surface area contributed by atoms with Crippen molar-refractivity contribution in [2.45, 2.75) is 6.18 Å². The highest BCUT2D eigenvalue weighted by atomic mass is 35.5. The number of amides is 1. The zero-order valence-electron chi connectivity index (χ0n) is 13.4. The van der Waals surface area contributed by atoms with Gasteiger partial charge >= 0.3 is 6.18 Å². The summed E-state index contributed by atoms with van der Waals surface area (Å²) in [6.45, 7) is -0.483. The molecule has 1 amide bonds. The van der Waals surface area contributed by atoms with Crippen molar-refractivity contribution in [1.82, 2.24) is 5.32 Å². The molecule has 0 saturated carbocycles. The first kappa shape index (κ1) is 20.5. The number of hydrogen-bond donors (Lipinski definition) is 2. The molecule has 0 fully saturated rings. The summed E-state index contributed by atoms with van der Waals surface area (Å²) in [7, 11) is 0. The van der Waals surface area contributed by atoms with Crippen LogP contribution in [0.2, 0.25) is 5.02 Å². The molecular weight excluding hydrogens is 393 g/mol. The molecule has 0 saturated heterocycles. The smallest absolute Gasteiger partial charge is 0.416 e. The topological polar surface area (TPSA) is 102 Å². The number of nitro benzene ring substituents is 1. The van der Waals surface area contributed by atoms with Gasteiger partial charge in [-0.1, -0.05) is 11.6 Å². The number of nitro groups is 1. The lowest BCUT2D eigenvalue weighted by molar-refractivity contribution is -0.385. The average molecular weight is 405 g/mol. The molecule has 0 heterocycles. The van der Waals surface area contributed by atoms with Crippen LogP contribution in [0.4, 0.5) is 18.9 Å². The summed E-state index contributed by atoms with van der Waals surface area (Å²) in [5.74, 6) is -0.989. The molecule has 7 nitrogen and oxygen atoms in total. The monoisotopic (exact) mass is 404 g/mol. The van der Waals surface area contributed by atoms with Crippen molar-refractivity contribution in [3.8, 4) is 11.5 Å². The number of hydrogen-bond acceptors (Lipinski definition) is 5. The van der Waals surface area contributed by atoms with Crippen molar-refractivity contribution in [1.29, 1.82) is 0 Å². The molecule has 0 radical (unpaired) electrons. The van der Waals surface area contributed by atoms with Gasteiger partial charge in [0.2, 0.25) is 0 Å². The minimum absolute atomic E-state index is 0.0450. The molecule has 2 rings (SSSR count). The number of nitrogens with zero attached hydrogens (tertiary/aromatic N) is 1. The summed E-state index contributed by atoms with van der Waals surface area (Å²) < 4.78 is 43.3. The van der Waals surface area contributed by atoms with Crippen molar-refractivity contribution < 1.29 is 32.7 Å². The van der Waals surface area contributed by atoms with Gasteiger partial charge < -0.3 is 15.2 Å². The Bertz CT molecular complexity index is 874. The fourth-order valence-corrected chi connectivity index (χ4v) is 2.29. The summed E-state index contributed by atoms with van der Waals surface area (Å²) in [5.41, 5.74) is -1.81. The number of carbonyl (C=O) groups is 1. The molecule has 0 aromatic heterocycles. The first-order valence-electron chi connectivity index (χ1n) is 7.35. The lowest BCUT2D eigenvalue weighted by Gasteiger charge is -2.12. The van der Waals surface area contributed by atoms with Crippen LogP contribution in [0.5, 0.6) is 11.5 Å². The van der Waals surface area contributed by atoms with E-state index in [0.717, 1.165) is 24.3 Å². The van der Waals surface area contributed by atoms with E-state index in [0.29, 0.717) is 6.07 Å². The molecule has 0 aliphatic heterocycles. The van der Waals surface area contributed by atoms with Crippen LogP contribution in [0.3, 0.4) is 0 Å². The standard InChI is InChI=1S/C16H12ClF3N2O5/c17-12-7-9(16(18,19)20)1-4-14(12)27-10-2-3-13(22(25)26)11(8-10)15(24)21-5-6-23/h1-4,7-8,23H,5-6H2,(H,21,24). The van der Waals surface area contributed by atoms with Crippen LogP contribution in [0.1, 0.15) is 15.9 Å². The molecule has 2 N–H and O–H groups in total. The summed E-state index contributed by atoms with van der Waals surface area (Å²) in [6.07, 6.45) is -4.58. The second-order valence-corrected chi connectivity index (χ2v) is 5.57. The predicted molar refractivity (Wildman–Crippen MR) is 89.0 cm³/mol. The molecule has 11 heteroatoms. The van der Waals surface area contributed by atoms with Gasteiger partial charge in [0.05, 0.1) is 22.1 Å². The maximum Gasteiger partial charge on any atom is 0.416 e. The fourth-order valence-electron chi connectivity index (χ4n) is 2.07. The summed E-state index contributed by atoms with van der Waals surface area (Å²) in [6, 6.07) is 5.69. The van der Waals surface area contributed by atoms with E-state index >= 15 is 0 Å². The first-order valence-corrected chi connectivity index (χ1v) is 7.73. The lowest BCUT2D eigenvalue weighted by Crippen LogP contribution is -2.27. The number of aliphatic hydroxyl groups is 1. The number of ether oxygens (including phenoxy) is 1. The molecule has 144 valence electrons. The van der Waals surface area contributed by atoms with Gasteiger partial charge in [-0.3, -0.25) is 14.9 Å². The maximum atomic E-state index is 12.7. The third kappa shape index (κ3) is 5.08. The Morgan fingerprint density at radius 3 is 2.52 bits per heavy atom. The average Bonchev–Trinajstić information content (AvgIpc) is 2.60. The van der Waals surface area contributed by atoms with Gasteiger partial charge in [0.1, 0.15) is 17.1 Å². The second kappa shape index (κ2) is 8.23. The zero-order valence-corrected chi connectivity index (χ0v) is 14.2. The molecule has 0 unspecified atom stereocenters. The Hall–Kier alpha value is -2.85. The van der Waals surface area contributed by atoms with E-state index in [1.165, 1.54) is 6.07 Å². The molecule has 0 spiro atoms. The van der Waals surface area contributed by atoms with E-state index in [1.807, 2.05) is 0 Å².